The average molecular weight is 287 g/mol. The monoisotopic (exact) mass is 286 g/mol. The summed E-state index contributed by atoms with van der Waals surface area (Å²) in [6.07, 6.45) is 2.46. The molecule has 1 aliphatic carbocycles. The predicted molar refractivity (Wildman–Crippen MR) is 76.1 cm³/mol. The Balaban J connectivity index is 0.000000492. The van der Waals surface area contributed by atoms with Gasteiger partial charge in [0, 0.05) is 11.5 Å². The van der Waals surface area contributed by atoms with E-state index in [4.69, 9.17) is 27.9 Å². The van der Waals surface area contributed by atoms with Gasteiger partial charge in [-0.2, -0.15) is 0 Å². The first-order chi connectivity index (χ1) is 8.47. The summed E-state index contributed by atoms with van der Waals surface area (Å²) in [5.41, 5.74) is 1.49. The molecule has 1 unspecified atom stereocenters. The molecule has 0 fully saturated rings. The van der Waals surface area contributed by atoms with Crippen LogP contribution in [0.3, 0.4) is 0 Å². The van der Waals surface area contributed by atoms with Gasteiger partial charge in [0.1, 0.15) is 10.8 Å². The molecule has 4 heteroatoms. The summed E-state index contributed by atoms with van der Waals surface area (Å²) in [5.74, 6) is 0.586. The first kappa shape index (κ1) is 15.1. The second kappa shape index (κ2) is 6.26. The first-order valence-electron chi connectivity index (χ1n) is 5.64. The zero-order chi connectivity index (χ0) is 13.9. The normalized spacial score (nSPS) is 16.7. The van der Waals surface area contributed by atoms with Gasteiger partial charge < -0.3 is 4.74 Å². The lowest BCUT2D eigenvalue weighted by molar-refractivity contribution is 0.0946. The number of ketones is 1. The average Bonchev–Trinajstić information content (AvgIpc) is 2.61. The van der Waals surface area contributed by atoms with Crippen LogP contribution in [0.2, 0.25) is 10.0 Å². The number of ether oxygens (including phenoxy) is 1. The van der Waals surface area contributed by atoms with Crippen LogP contribution in [0, 0.1) is 5.92 Å². The third kappa shape index (κ3) is 2.70. The number of halogens is 2. The van der Waals surface area contributed by atoms with Gasteiger partial charge in [0.2, 0.25) is 0 Å². The molecule has 18 heavy (non-hydrogen) atoms. The number of carbonyl (C=O) groups is 1. The van der Waals surface area contributed by atoms with Gasteiger partial charge in [0.15, 0.2) is 5.78 Å². The summed E-state index contributed by atoms with van der Waals surface area (Å²) in [6, 6.07) is 1.80. The standard InChI is InChI=1S/C11H10Cl2O2.C3H6/c1-5-3-6-4-7(15-2)9(12)10(13)8(6)11(5)14;1-3-2/h4-5H,3H2,1-2H3;3H,1H2,2H3. The fraction of sp³-hybridized carbons (Fsp3) is 0.357. The molecular weight excluding hydrogens is 271 g/mol. The molecule has 1 aromatic carbocycles. The first-order valence-corrected chi connectivity index (χ1v) is 6.39. The van der Waals surface area contributed by atoms with Gasteiger partial charge in [-0.25, -0.2) is 0 Å². The fourth-order valence-electron chi connectivity index (χ4n) is 1.90. The number of hydrogen-bond donors (Lipinski definition) is 0. The molecule has 0 saturated carbocycles. The van der Waals surface area contributed by atoms with Crippen molar-refractivity contribution < 1.29 is 9.53 Å². The van der Waals surface area contributed by atoms with E-state index < -0.39 is 0 Å². The van der Waals surface area contributed by atoms with Crippen molar-refractivity contribution in [3.63, 3.8) is 0 Å². The van der Waals surface area contributed by atoms with Crippen LogP contribution in [0.5, 0.6) is 5.75 Å². The molecule has 0 aromatic heterocycles. The number of benzene rings is 1. The summed E-state index contributed by atoms with van der Waals surface area (Å²) < 4.78 is 5.09. The van der Waals surface area contributed by atoms with E-state index in [0.717, 1.165) is 5.56 Å². The minimum atomic E-state index is -0.0133. The van der Waals surface area contributed by atoms with E-state index in [2.05, 4.69) is 6.58 Å². The molecule has 2 nitrogen and oxygen atoms in total. The Morgan fingerprint density at radius 2 is 2.00 bits per heavy atom. The van der Waals surface area contributed by atoms with Gasteiger partial charge in [-0.1, -0.05) is 36.2 Å². The van der Waals surface area contributed by atoms with Crippen molar-refractivity contribution >= 4 is 29.0 Å². The second-order valence-corrected chi connectivity index (χ2v) is 4.87. The van der Waals surface area contributed by atoms with Crippen molar-refractivity contribution in [2.75, 3.05) is 7.11 Å². The second-order valence-electron chi connectivity index (χ2n) is 4.12. The Morgan fingerprint density at radius 3 is 2.50 bits per heavy atom. The van der Waals surface area contributed by atoms with E-state index in [9.17, 15) is 4.79 Å². The summed E-state index contributed by atoms with van der Waals surface area (Å²) in [5, 5.41) is 0.640. The van der Waals surface area contributed by atoms with Crippen molar-refractivity contribution in [1.29, 1.82) is 0 Å². The van der Waals surface area contributed by atoms with Crippen molar-refractivity contribution in [3.8, 4) is 5.75 Å². The molecule has 0 bridgehead atoms. The minimum absolute atomic E-state index is 0.0133. The molecule has 0 radical (unpaired) electrons. The van der Waals surface area contributed by atoms with Crippen LogP contribution in [0.25, 0.3) is 0 Å². The minimum Gasteiger partial charge on any atom is -0.495 e. The zero-order valence-electron chi connectivity index (χ0n) is 10.7. The summed E-state index contributed by atoms with van der Waals surface area (Å²) in [7, 11) is 1.53. The Kier molecular flexibility index (Phi) is 5.24. The van der Waals surface area contributed by atoms with Crippen LogP contribution in [0.4, 0.5) is 0 Å². The van der Waals surface area contributed by atoms with E-state index in [1.54, 1.807) is 12.1 Å². The molecule has 1 aromatic rings. The van der Waals surface area contributed by atoms with E-state index in [0.29, 0.717) is 27.8 Å². The molecule has 0 amide bonds. The van der Waals surface area contributed by atoms with Crippen molar-refractivity contribution in [2.45, 2.75) is 20.3 Å². The molecule has 1 atom stereocenters. The van der Waals surface area contributed by atoms with Gasteiger partial charge in [0.25, 0.3) is 0 Å². The highest BCUT2D eigenvalue weighted by Gasteiger charge is 2.31. The Hall–Kier alpha value is -0.990. The summed E-state index contributed by atoms with van der Waals surface area (Å²) in [6.45, 7) is 7.14. The van der Waals surface area contributed by atoms with Gasteiger partial charge in [-0.15, -0.1) is 6.58 Å². The number of carbonyl (C=O) groups excluding carboxylic acids is 1. The highest BCUT2D eigenvalue weighted by atomic mass is 35.5. The van der Waals surface area contributed by atoms with Gasteiger partial charge in [0.05, 0.1) is 12.1 Å². The van der Waals surface area contributed by atoms with Crippen LogP contribution in [0.15, 0.2) is 18.7 Å². The van der Waals surface area contributed by atoms with Crippen molar-refractivity contribution in [3.05, 3.63) is 39.9 Å². The highest BCUT2D eigenvalue weighted by Crippen LogP contribution is 2.41. The van der Waals surface area contributed by atoms with Gasteiger partial charge in [-0.3, -0.25) is 4.79 Å². The number of hydrogen-bond acceptors (Lipinski definition) is 2. The number of methoxy groups -OCH3 is 1. The topological polar surface area (TPSA) is 26.3 Å². The van der Waals surface area contributed by atoms with Crippen LogP contribution >= 0.6 is 23.2 Å². The number of rotatable bonds is 1. The van der Waals surface area contributed by atoms with Gasteiger partial charge >= 0.3 is 0 Å². The number of fused-ring (bicyclic) bond motifs is 1. The summed E-state index contributed by atoms with van der Waals surface area (Å²) >= 11 is 12.0. The number of Topliss-reactive ketones (excluding diaryl/α,β-unsaturated/α-hetero) is 1. The smallest absolute Gasteiger partial charge is 0.167 e. The molecule has 0 aliphatic heterocycles. The van der Waals surface area contributed by atoms with Crippen molar-refractivity contribution in [2.24, 2.45) is 5.92 Å². The SMILES string of the molecule is C=CC.COc1cc2c(c(Cl)c1Cl)C(=O)C(C)C2. The van der Waals surface area contributed by atoms with Crippen LogP contribution in [0.1, 0.15) is 29.8 Å². The largest absolute Gasteiger partial charge is 0.495 e. The van der Waals surface area contributed by atoms with Crippen LogP contribution in [-0.2, 0) is 6.42 Å². The van der Waals surface area contributed by atoms with E-state index in [-0.39, 0.29) is 11.7 Å². The predicted octanol–water partition coefficient (Wildman–Crippen LogP) is 4.57. The van der Waals surface area contributed by atoms with E-state index in [1.807, 2.05) is 13.8 Å². The molecule has 0 heterocycles. The number of allylic oxidation sites excluding steroid dienone is 1. The lowest BCUT2D eigenvalue weighted by atomic mass is 10.1. The van der Waals surface area contributed by atoms with Crippen LogP contribution < -0.4 is 4.74 Å². The highest BCUT2D eigenvalue weighted by molar-refractivity contribution is 6.45. The molecule has 0 N–H and O–H groups in total. The molecule has 0 spiro atoms. The third-order valence-electron chi connectivity index (χ3n) is 2.69. The fourth-order valence-corrected chi connectivity index (χ4v) is 2.43. The maximum absolute atomic E-state index is 11.8. The Morgan fingerprint density at radius 1 is 1.44 bits per heavy atom. The van der Waals surface area contributed by atoms with E-state index >= 15 is 0 Å². The molecular formula is C14H16Cl2O2. The van der Waals surface area contributed by atoms with Crippen LogP contribution in [-0.4, -0.2) is 12.9 Å². The quantitative estimate of drug-likeness (QED) is 0.707. The molecule has 0 saturated heterocycles. The van der Waals surface area contributed by atoms with Crippen molar-refractivity contribution in [1.82, 2.24) is 0 Å². The molecule has 2 rings (SSSR count). The lowest BCUT2D eigenvalue weighted by Gasteiger charge is -2.08. The Bertz CT molecular complexity index is 481. The lowest BCUT2D eigenvalue weighted by Crippen LogP contribution is -2.03. The van der Waals surface area contributed by atoms with Gasteiger partial charge in [-0.05, 0) is 25.0 Å². The maximum Gasteiger partial charge on any atom is 0.167 e. The summed E-state index contributed by atoms with van der Waals surface area (Å²) in [4.78, 5) is 11.8. The van der Waals surface area contributed by atoms with E-state index in [1.165, 1.54) is 7.11 Å². The maximum atomic E-state index is 11.8. The Labute approximate surface area is 118 Å². The third-order valence-corrected chi connectivity index (χ3v) is 3.54. The zero-order valence-corrected chi connectivity index (χ0v) is 12.2. The molecule has 1 aliphatic rings. The molecule has 98 valence electrons.